The topological polar surface area (TPSA) is 22.1 Å². The minimum Gasteiger partial charge on any atom is -0.471 e. The van der Waals surface area contributed by atoms with E-state index in [2.05, 4.69) is 27.5 Å². The Balaban J connectivity index is 2.78. The molecule has 2 nitrogen and oxygen atoms in total. The second kappa shape index (κ2) is 4.21. The Kier molecular flexibility index (Phi) is 3.22. The third-order valence-corrected chi connectivity index (χ3v) is 1.55. The summed E-state index contributed by atoms with van der Waals surface area (Å²) in [6.45, 7) is 3.69. The predicted octanol–water partition coefficient (Wildman–Crippen LogP) is 2.55. The van der Waals surface area contributed by atoms with Crippen molar-refractivity contribution in [2.75, 3.05) is 6.61 Å². The summed E-state index contributed by atoms with van der Waals surface area (Å²) in [5, 5.41) is 0. The van der Waals surface area contributed by atoms with Gasteiger partial charge in [0, 0.05) is 10.7 Å². The second-order valence-corrected chi connectivity index (χ2v) is 2.96. The first-order chi connectivity index (χ1) is 5.74. The van der Waals surface area contributed by atoms with Crippen molar-refractivity contribution in [2.45, 2.75) is 0 Å². The van der Waals surface area contributed by atoms with Gasteiger partial charge >= 0.3 is 0 Å². The highest BCUT2D eigenvalue weighted by atomic mass is 79.9. The number of halogens is 2. The summed E-state index contributed by atoms with van der Waals surface area (Å²) in [4.78, 5) is 3.72. The van der Waals surface area contributed by atoms with E-state index in [0.717, 1.165) is 0 Å². The molecule has 12 heavy (non-hydrogen) atoms. The zero-order valence-electron chi connectivity index (χ0n) is 6.26. The molecule has 0 spiro atoms. The van der Waals surface area contributed by atoms with Gasteiger partial charge in [-0.3, -0.25) is 0 Å². The molecule has 1 heterocycles. The molecular formula is C8H7BrFNO. The molecule has 0 N–H and O–H groups in total. The molecule has 0 atom stereocenters. The minimum atomic E-state index is -0.480. The van der Waals surface area contributed by atoms with Crippen molar-refractivity contribution < 1.29 is 9.13 Å². The molecule has 0 aromatic carbocycles. The number of pyridine rings is 1. The van der Waals surface area contributed by atoms with Crippen LogP contribution in [0.2, 0.25) is 0 Å². The van der Waals surface area contributed by atoms with Gasteiger partial charge < -0.3 is 4.74 Å². The molecule has 0 saturated heterocycles. The monoisotopic (exact) mass is 231 g/mol. The molecule has 0 unspecified atom stereocenters. The van der Waals surface area contributed by atoms with Gasteiger partial charge in [0.05, 0.1) is 0 Å². The van der Waals surface area contributed by atoms with Gasteiger partial charge in [-0.25, -0.2) is 9.37 Å². The first-order valence-electron chi connectivity index (χ1n) is 3.29. The fourth-order valence-corrected chi connectivity index (χ4v) is 0.949. The maximum Gasteiger partial charge on any atom is 0.250 e. The maximum absolute atomic E-state index is 12.9. The quantitative estimate of drug-likeness (QED) is 0.747. The summed E-state index contributed by atoms with van der Waals surface area (Å²) >= 11 is 3.09. The van der Waals surface area contributed by atoms with Gasteiger partial charge in [-0.05, 0) is 22.0 Å². The first-order valence-corrected chi connectivity index (χ1v) is 4.08. The maximum atomic E-state index is 12.9. The Morgan fingerprint density at radius 3 is 3.08 bits per heavy atom. The average Bonchev–Trinajstić information content (AvgIpc) is 2.03. The summed E-state index contributed by atoms with van der Waals surface area (Å²) in [5.41, 5.74) is 0. The molecule has 0 fully saturated rings. The van der Waals surface area contributed by atoms with E-state index in [1.54, 1.807) is 0 Å². The van der Waals surface area contributed by atoms with E-state index in [4.69, 9.17) is 4.74 Å². The van der Waals surface area contributed by atoms with Gasteiger partial charge in [-0.2, -0.15) is 0 Å². The molecule has 0 aliphatic carbocycles. The van der Waals surface area contributed by atoms with Crippen molar-refractivity contribution >= 4 is 15.9 Å². The molecule has 0 aliphatic heterocycles. The van der Waals surface area contributed by atoms with Crippen LogP contribution in [0.25, 0.3) is 0 Å². The van der Waals surface area contributed by atoms with E-state index in [9.17, 15) is 4.39 Å². The van der Waals surface area contributed by atoms with Gasteiger partial charge in [0.2, 0.25) is 0 Å². The fourth-order valence-electron chi connectivity index (χ4n) is 0.646. The molecule has 1 rings (SSSR count). The van der Waals surface area contributed by atoms with Crippen molar-refractivity contribution in [3.8, 4) is 5.88 Å². The Morgan fingerprint density at radius 1 is 1.75 bits per heavy atom. The Hall–Kier alpha value is -0.900. The second-order valence-electron chi connectivity index (χ2n) is 2.04. The fraction of sp³-hybridized carbons (Fsp3) is 0.125. The normalized spacial score (nSPS) is 9.50. The Labute approximate surface area is 78.2 Å². The lowest BCUT2D eigenvalue weighted by atomic mass is 10.5. The largest absolute Gasteiger partial charge is 0.471 e. The van der Waals surface area contributed by atoms with Gasteiger partial charge in [0.1, 0.15) is 6.61 Å². The zero-order chi connectivity index (χ0) is 8.97. The number of hydrogen-bond acceptors (Lipinski definition) is 2. The third kappa shape index (κ3) is 2.30. The van der Waals surface area contributed by atoms with E-state index in [0.29, 0.717) is 4.47 Å². The van der Waals surface area contributed by atoms with Crippen molar-refractivity contribution in [1.29, 1.82) is 0 Å². The van der Waals surface area contributed by atoms with Gasteiger partial charge in [0.25, 0.3) is 5.88 Å². The molecular weight excluding hydrogens is 225 g/mol. The van der Waals surface area contributed by atoms with Gasteiger partial charge in [-0.15, -0.1) is 0 Å². The van der Waals surface area contributed by atoms with E-state index in [1.165, 1.54) is 18.3 Å². The summed E-state index contributed by atoms with van der Waals surface area (Å²) < 4.78 is 18.4. The van der Waals surface area contributed by atoms with Crippen LogP contribution in [0.15, 0.2) is 29.4 Å². The van der Waals surface area contributed by atoms with Gasteiger partial charge in [0.15, 0.2) is 5.82 Å². The molecule has 0 amide bonds. The standard InChI is InChI=1S/C8H7BrFNO/c1-2-3-12-8-7(10)4-6(9)5-11-8/h2,4-5H,1,3H2. The Bertz CT molecular complexity index is 290. The van der Waals surface area contributed by atoms with Crippen LogP contribution < -0.4 is 4.74 Å². The van der Waals surface area contributed by atoms with Gasteiger partial charge in [-0.1, -0.05) is 12.7 Å². The first kappa shape index (κ1) is 9.19. The lowest BCUT2D eigenvalue weighted by Crippen LogP contribution is -1.97. The minimum absolute atomic E-state index is 0.00176. The van der Waals surface area contributed by atoms with Crippen molar-refractivity contribution in [3.05, 3.63) is 35.2 Å². The molecule has 64 valence electrons. The van der Waals surface area contributed by atoms with E-state index in [1.807, 2.05) is 0 Å². The number of nitrogens with zero attached hydrogens (tertiary/aromatic N) is 1. The van der Waals surface area contributed by atoms with Crippen LogP contribution >= 0.6 is 15.9 Å². The van der Waals surface area contributed by atoms with Crippen LogP contribution in [0.5, 0.6) is 5.88 Å². The number of rotatable bonds is 3. The number of aromatic nitrogens is 1. The summed E-state index contributed by atoms with van der Waals surface area (Å²) in [7, 11) is 0. The summed E-state index contributed by atoms with van der Waals surface area (Å²) in [6, 6.07) is 1.30. The van der Waals surface area contributed by atoms with Crippen molar-refractivity contribution in [1.82, 2.24) is 4.98 Å². The van der Waals surface area contributed by atoms with Crippen molar-refractivity contribution in [2.24, 2.45) is 0 Å². The lowest BCUT2D eigenvalue weighted by molar-refractivity contribution is 0.326. The SMILES string of the molecule is C=CCOc1ncc(Br)cc1F. The predicted molar refractivity (Wildman–Crippen MR) is 47.6 cm³/mol. The molecule has 0 bridgehead atoms. The Morgan fingerprint density at radius 2 is 2.50 bits per heavy atom. The van der Waals surface area contributed by atoms with Crippen LogP contribution in [0.1, 0.15) is 0 Å². The van der Waals surface area contributed by atoms with Crippen molar-refractivity contribution in [3.63, 3.8) is 0 Å². The highest BCUT2D eigenvalue weighted by Gasteiger charge is 2.03. The molecule has 0 aliphatic rings. The molecule has 0 radical (unpaired) electrons. The highest BCUT2D eigenvalue weighted by molar-refractivity contribution is 9.10. The van der Waals surface area contributed by atoms with Crippen LogP contribution in [0.3, 0.4) is 0 Å². The summed E-state index contributed by atoms with van der Waals surface area (Å²) in [5.74, 6) is -0.482. The number of hydrogen-bond donors (Lipinski definition) is 0. The molecule has 1 aromatic rings. The van der Waals surface area contributed by atoms with Crippen LogP contribution in [0, 0.1) is 5.82 Å². The smallest absolute Gasteiger partial charge is 0.250 e. The van der Waals surface area contributed by atoms with E-state index < -0.39 is 5.82 Å². The molecule has 4 heteroatoms. The molecule has 0 saturated carbocycles. The highest BCUT2D eigenvalue weighted by Crippen LogP contribution is 2.17. The van der Waals surface area contributed by atoms with Crippen LogP contribution in [-0.4, -0.2) is 11.6 Å². The third-order valence-electron chi connectivity index (χ3n) is 1.11. The van der Waals surface area contributed by atoms with Crippen LogP contribution in [-0.2, 0) is 0 Å². The number of ether oxygens (including phenoxy) is 1. The van der Waals surface area contributed by atoms with Crippen LogP contribution in [0.4, 0.5) is 4.39 Å². The average molecular weight is 232 g/mol. The zero-order valence-corrected chi connectivity index (χ0v) is 7.84. The summed E-state index contributed by atoms with van der Waals surface area (Å²) in [6.07, 6.45) is 3.00. The van der Waals surface area contributed by atoms with E-state index in [-0.39, 0.29) is 12.5 Å². The van der Waals surface area contributed by atoms with E-state index >= 15 is 0 Å². The lowest BCUT2D eigenvalue weighted by Gasteiger charge is -2.02. The molecule has 1 aromatic heterocycles.